The van der Waals surface area contributed by atoms with Crippen LogP contribution in [0.25, 0.3) is 10.8 Å². The lowest BCUT2D eigenvalue weighted by Crippen LogP contribution is -2.47. The summed E-state index contributed by atoms with van der Waals surface area (Å²) in [5.41, 5.74) is 0. The first-order valence-corrected chi connectivity index (χ1v) is 13.0. The SMILES string of the molecule is CN(CC1COc2ccccc2O1)C(=O)C1CCN(S(=O)(=O)c2ccc3ccccc3c2)CC1. The van der Waals surface area contributed by atoms with Crippen molar-refractivity contribution in [2.45, 2.75) is 23.8 Å². The van der Waals surface area contributed by atoms with E-state index in [4.69, 9.17) is 9.47 Å². The van der Waals surface area contributed by atoms with Crippen molar-refractivity contribution in [3.05, 3.63) is 66.7 Å². The van der Waals surface area contributed by atoms with Crippen LogP contribution in [0.3, 0.4) is 0 Å². The van der Waals surface area contributed by atoms with Gasteiger partial charge in [0.25, 0.3) is 0 Å². The van der Waals surface area contributed by atoms with Gasteiger partial charge in [-0.15, -0.1) is 0 Å². The minimum Gasteiger partial charge on any atom is -0.486 e. The number of sulfonamides is 1. The van der Waals surface area contributed by atoms with Crippen molar-refractivity contribution >= 4 is 26.7 Å². The lowest BCUT2D eigenvalue weighted by molar-refractivity contribution is -0.136. The maximum absolute atomic E-state index is 13.2. The fraction of sp³-hybridized carbons (Fsp3) is 0.346. The van der Waals surface area contributed by atoms with E-state index in [1.165, 1.54) is 4.31 Å². The van der Waals surface area contributed by atoms with Crippen LogP contribution < -0.4 is 9.47 Å². The molecule has 2 aliphatic heterocycles. The third-order valence-corrected chi connectivity index (χ3v) is 8.48. The van der Waals surface area contributed by atoms with E-state index in [1.54, 1.807) is 24.1 Å². The molecule has 7 nitrogen and oxygen atoms in total. The van der Waals surface area contributed by atoms with Crippen molar-refractivity contribution in [1.29, 1.82) is 0 Å². The van der Waals surface area contributed by atoms with E-state index in [1.807, 2.05) is 54.6 Å². The first-order chi connectivity index (χ1) is 16.4. The third kappa shape index (κ3) is 4.48. The maximum Gasteiger partial charge on any atom is 0.243 e. The molecule has 0 bridgehead atoms. The molecule has 178 valence electrons. The standard InChI is InChI=1S/C26H28N2O5S/c1-27(17-22-18-32-24-8-4-5-9-25(24)33-22)26(29)20-12-14-28(15-13-20)34(30,31)23-11-10-19-6-2-3-7-21(19)16-23/h2-11,16,20,22H,12-15,17-18H2,1H3. The van der Waals surface area contributed by atoms with E-state index in [0.717, 1.165) is 10.8 Å². The Labute approximate surface area is 199 Å². The molecule has 8 heteroatoms. The van der Waals surface area contributed by atoms with Crippen molar-refractivity contribution in [2.24, 2.45) is 5.92 Å². The molecule has 1 amide bonds. The monoisotopic (exact) mass is 480 g/mol. The van der Waals surface area contributed by atoms with Crippen LogP contribution in [-0.2, 0) is 14.8 Å². The van der Waals surface area contributed by atoms with E-state index < -0.39 is 10.0 Å². The van der Waals surface area contributed by atoms with Crippen molar-refractivity contribution in [3.63, 3.8) is 0 Å². The van der Waals surface area contributed by atoms with E-state index in [-0.39, 0.29) is 17.9 Å². The highest BCUT2D eigenvalue weighted by molar-refractivity contribution is 7.89. The molecule has 2 aliphatic rings. The first-order valence-electron chi connectivity index (χ1n) is 11.5. The van der Waals surface area contributed by atoms with Gasteiger partial charge >= 0.3 is 0 Å². The molecule has 0 aromatic heterocycles. The Kier molecular flexibility index (Phi) is 6.18. The van der Waals surface area contributed by atoms with Gasteiger partial charge in [0.2, 0.25) is 15.9 Å². The number of fused-ring (bicyclic) bond motifs is 2. The predicted octanol–water partition coefficient (Wildman–Crippen LogP) is 3.54. The van der Waals surface area contributed by atoms with Crippen molar-refractivity contribution in [1.82, 2.24) is 9.21 Å². The predicted molar refractivity (Wildman–Crippen MR) is 129 cm³/mol. The zero-order chi connectivity index (χ0) is 23.7. The second-order valence-electron chi connectivity index (χ2n) is 8.90. The van der Waals surface area contributed by atoms with Crippen LogP contribution in [0, 0.1) is 5.92 Å². The minimum absolute atomic E-state index is 0.0187. The van der Waals surface area contributed by atoms with Gasteiger partial charge in [-0.2, -0.15) is 4.31 Å². The van der Waals surface area contributed by atoms with Crippen molar-refractivity contribution < 1.29 is 22.7 Å². The van der Waals surface area contributed by atoms with Gasteiger partial charge in [-0.05, 0) is 47.9 Å². The summed E-state index contributed by atoms with van der Waals surface area (Å²) in [4.78, 5) is 15.0. The summed E-state index contributed by atoms with van der Waals surface area (Å²) in [7, 11) is -1.83. The van der Waals surface area contributed by atoms with E-state index in [2.05, 4.69) is 0 Å². The number of benzene rings is 3. The van der Waals surface area contributed by atoms with Crippen molar-refractivity contribution in [2.75, 3.05) is 33.3 Å². The largest absolute Gasteiger partial charge is 0.486 e. The average Bonchev–Trinajstić information content (AvgIpc) is 2.88. The summed E-state index contributed by atoms with van der Waals surface area (Å²) in [6.07, 6.45) is 0.763. The number of ether oxygens (including phenoxy) is 2. The van der Waals surface area contributed by atoms with Crippen molar-refractivity contribution in [3.8, 4) is 11.5 Å². The van der Waals surface area contributed by atoms with Gasteiger partial charge in [-0.25, -0.2) is 8.42 Å². The second-order valence-corrected chi connectivity index (χ2v) is 10.8. The Balaban J connectivity index is 1.18. The summed E-state index contributed by atoms with van der Waals surface area (Å²) in [5.74, 6) is 1.22. The number of piperidine rings is 1. The van der Waals surface area contributed by atoms with Gasteiger partial charge in [0.15, 0.2) is 17.6 Å². The lowest BCUT2D eigenvalue weighted by Gasteiger charge is -2.34. The molecule has 1 unspecified atom stereocenters. The van der Waals surface area contributed by atoms with Gasteiger partial charge in [0.1, 0.15) is 6.61 Å². The van der Waals surface area contributed by atoms with Crippen LogP contribution in [0.4, 0.5) is 0 Å². The van der Waals surface area contributed by atoms with E-state index >= 15 is 0 Å². The fourth-order valence-corrected chi connectivity index (χ4v) is 6.19. The third-order valence-electron chi connectivity index (χ3n) is 6.58. The van der Waals surface area contributed by atoms with Crippen LogP contribution in [0.5, 0.6) is 11.5 Å². The van der Waals surface area contributed by atoms with Crippen LogP contribution >= 0.6 is 0 Å². The molecule has 0 saturated carbocycles. The molecule has 3 aromatic carbocycles. The molecule has 0 aliphatic carbocycles. The molecule has 34 heavy (non-hydrogen) atoms. The topological polar surface area (TPSA) is 76.2 Å². The average molecular weight is 481 g/mol. The van der Waals surface area contributed by atoms with Gasteiger partial charge in [0.05, 0.1) is 11.4 Å². The zero-order valence-electron chi connectivity index (χ0n) is 19.1. The number of carbonyl (C=O) groups is 1. The molecule has 5 rings (SSSR count). The van der Waals surface area contributed by atoms with Crippen LogP contribution in [-0.4, -0.2) is 62.9 Å². The highest BCUT2D eigenvalue weighted by Crippen LogP contribution is 2.31. The Hall–Kier alpha value is -3.10. The Morgan fingerprint density at radius 1 is 0.971 bits per heavy atom. The summed E-state index contributed by atoms with van der Waals surface area (Å²) in [6, 6.07) is 20.4. The number of hydrogen-bond acceptors (Lipinski definition) is 5. The maximum atomic E-state index is 13.2. The van der Waals surface area contributed by atoms with Crippen LogP contribution in [0.15, 0.2) is 71.6 Å². The molecule has 1 saturated heterocycles. The number of nitrogens with zero attached hydrogens (tertiary/aromatic N) is 2. The molecular formula is C26H28N2O5S. The number of rotatable bonds is 5. The summed E-state index contributed by atoms with van der Waals surface area (Å²) in [5, 5.41) is 1.90. The number of amides is 1. The van der Waals surface area contributed by atoms with Gasteiger partial charge in [0, 0.05) is 26.1 Å². The summed E-state index contributed by atoms with van der Waals surface area (Å²) >= 11 is 0. The molecule has 2 heterocycles. The van der Waals surface area contributed by atoms with Crippen LogP contribution in [0.1, 0.15) is 12.8 Å². The number of likely N-dealkylation sites (N-methyl/N-ethyl adjacent to an activating group) is 1. The van der Waals surface area contributed by atoms with E-state index in [0.29, 0.717) is 55.5 Å². The molecular weight excluding hydrogens is 452 g/mol. The number of hydrogen-bond donors (Lipinski definition) is 0. The number of para-hydroxylation sites is 2. The lowest BCUT2D eigenvalue weighted by atomic mass is 9.96. The molecule has 1 atom stereocenters. The van der Waals surface area contributed by atoms with Crippen LogP contribution in [0.2, 0.25) is 0 Å². The Bertz CT molecular complexity index is 1300. The highest BCUT2D eigenvalue weighted by atomic mass is 32.2. The molecule has 0 spiro atoms. The smallest absolute Gasteiger partial charge is 0.243 e. The second kappa shape index (κ2) is 9.27. The normalized spacial score (nSPS) is 19.1. The minimum atomic E-state index is -3.60. The first kappa shape index (κ1) is 22.7. The molecule has 3 aromatic rings. The van der Waals surface area contributed by atoms with E-state index in [9.17, 15) is 13.2 Å². The molecule has 0 N–H and O–H groups in total. The molecule has 0 radical (unpaired) electrons. The fourth-order valence-electron chi connectivity index (χ4n) is 4.68. The Morgan fingerprint density at radius 3 is 2.41 bits per heavy atom. The van der Waals surface area contributed by atoms with Gasteiger partial charge in [-0.3, -0.25) is 4.79 Å². The summed E-state index contributed by atoms with van der Waals surface area (Å²) < 4.78 is 39.6. The zero-order valence-corrected chi connectivity index (χ0v) is 19.9. The highest BCUT2D eigenvalue weighted by Gasteiger charge is 2.34. The Morgan fingerprint density at radius 2 is 1.65 bits per heavy atom. The quantitative estimate of drug-likeness (QED) is 0.558. The molecule has 1 fully saturated rings. The number of carbonyl (C=O) groups excluding carboxylic acids is 1. The summed E-state index contributed by atoms with van der Waals surface area (Å²) in [6.45, 7) is 1.46. The van der Waals surface area contributed by atoms with Gasteiger partial charge in [-0.1, -0.05) is 42.5 Å². The van der Waals surface area contributed by atoms with Gasteiger partial charge < -0.3 is 14.4 Å².